The number of nitrogens with zero attached hydrogens (tertiary/aromatic N) is 1. The predicted octanol–water partition coefficient (Wildman–Crippen LogP) is 3.48. The molecule has 2 amide bonds. The first-order valence-corrected chi connectivity index (χ1v) is 10.8. The SMILES string of the molecule is COCCNC(=O)c1ccc(CC2CCN(C(=O)CCc3ccccc3)CC2)cc1. The highest BCUT2D eigenvalue weighted by Crippen LogP contribution is 2.22. The molecular formula is C25H32N2O3. The maximum absolute atomic E-state index is 12.5. The van der Waals surface area contributed by atoms with Crippen molar-refractivity contribution in [3.05, 3.63) is 71.3 Å². The first kappa shape index (κ1) is 22.0. The van der Waals surface area contributed by atoms with Gasteiger partial charge in [-0.25, -0.2) is 0 Å². The van der Waals surface area contributed by atoms with Gasteiger partial charge in [-0.3, -0.25) is 9.59 Å². The summed E-state index contributed by atoms with van der Waals surface area (Å²) < 4.78 is 4.95. The molecule has 30 heavy (non-hydrogen) atoms. The Balaban J connectivity index is 1.40. The Labute approximate surface area is 179 Å². The van der Waals surface area contributed by atoms with Crippen LogP contribution in [0.1, 0.15) is 40.7 Å². The third kappa shape index (κ3) is 6.70. The first-order valence-electron chi connectivity index (χ1n) is 10.8. The van der Waals surface area contributed by atoms with Gasteiger partial charge in [0, 0.05) is 38.7 Å². The van der Waals surface area contributed by atoms with E-state index >= 15 is 0 Å². The number of rotatable bonds is 9. The van der Waals surface area contributed by atoms with E-state index < -0.39 is 0 Å². The number of methoxy groups -OCH3 is 1. The second kappa shape index (κ2) is 11.5. The summed E-state index contributed by atoms with van der Waals surface area (Å²) in [7, 11) is 1.62. The molecule has 0 aliphatic carbocycles. The standard InChI is InChI=1S/C25H32N2O3/c1-30-18-15-26-25(29)23-10-7-21(8-11-23)19-22-13-16-27(17-14-22)24(28)12-9-20-5-3-2-4-6-20/h2-8,10-11,22H,9,12-19H2,1H3,(H,26,29). The van der Waals surface area contributed by atoms with Crippen molar-refractivity contribution in [1.29, 1.82) is 0 Å². The molecule has 5 nitrogen and oxygen atoms in total. The number of carbonyl (C=O) groups excluding carboxylic acids is 2. The molecule has 0 atom stereocenters. The lowest BCUT2D eigenvalue weighted by Crippen LogP contribution is -2.39. The van der Waals surface area contributed by atoms with Gasteiger partial charge in [0.05, 0.1) is 6.61 Å². The van der Waals surface area contributed by atoms with Crippen LogP contribution in [0.4, 0.5) is 0 Å². The number of amides is 2. The number of carbonyl (C=O) groups is 2. The van der Waals surface area contributed by atoms with Crippen molar-refractivity contribution in [3.63, 3.8) is 0 Å². The van der Waals surface area contributed by atoms with Gasteiger partial charge in [-0.15, -0.1) is 0 Å². The number of hydrogen-bond acceptors (Lipinski definition) is 3. The maximum atomic E-state index is 12.5. The van der Waals surface area contributed by atoms with E-state index in [0.717, 1.165) is 38.8 Å². The van der Waals surface area contributed by atoms with Crippen LogP contribution >= 0.6 is 0 Å². The van der Waals surface area contributed by atoms with Gasteiger partial charge in [-0.1, -0.05) is 42.5 Å². The second-order valence-corrected chi connectivity index (χ2v) is 7.96. The van der Waals surface area contributed by atoms with E-state index in [4.69, 9.17) is 4.74 Å². The average Bonchev–Trinajstić information content (AvgIpc) is 2.79. The molecule has 1 N–H and O–H groups in total. The molecule has 5 heteroatoms. The minimum Gasteiger partial charge on any atom is -0.383 e. The topological polar surface area (TPSA) is 58.6 Å². The molecule has 0 saturated carbocycles. The normalized spacial score (nSPS) is 14.5. The van der Waals surface area contributed by atoms with Crippen LogP contribution in [0.25, 0.3) is 0 Å². The van der Waals surface area contributed by atoms with Crippen molar-refractivity contribution in [3.8, 4) is 0 Å². The van der Waals surface area contributed by atoms with Crippen LogP contribution in [0.5, 0.6) is 0 Å². The van der Waals surface area contributed by atoms with Gasteiger partial charge in [0.1, 0.15) is 0 Å². The molecule has 1 saturated heterocycles. The number of nitrogens with one attached hydrogen (secondary N) is 1. The highest BCUT2D eigenvalue weighted by Gasteiger charge is 2.22. The van der Waals surface area contributed by atoms with E-state index in [1.165, 1.54) is 11.1 Å². The lowest BCUT2D eigenvalue weighted by molar-refractivity contribution is -0.132. The number of likely N-dealkylation sites (tertiary alicyclic amines) is 1. The Morgan fingerprint density at radius 1 is 1.00 bits per heavy atom. The van der Waals surface area contributed by atoms with Crippen LogP contribution in [0.15, 0.2) is 54.6 Å². The number of ether oxygens (including phenoxy) is 1. The Kier molecular flexibility index (Phi) is 8.45. The van der Waals surface area contributed by atoms with E-state index in [1.807, 2.05) is 47.4 Å². The zero-order chi connectivity index (χ0) is 21.2. The van der Waals surface area contributed by atoms with E-state index in [2.05, 4.69) is 17.4 Å². The Morgan fingerprint density at radius 3 is 2.37 bits per heavy atom. The number of benzene rings is 2. The monoisotopic (exact) mass is 408 g/mol. The summed E-state index contributed by atoms with van der Waals surface area (Å²) in [5.41, 5.74) is 3.14. The maximum Gasteiger partial charge on any atom is 0.251 e. The van der Waals surface area contributed by atoms with Crippen molar-refractivity contribution in [2.75, 3.05) is 33.4 Å². The molecule has 1 aliphatic rings. The lowest BCUT2D eigenvalue weighted by Gasteiger charge is -2.32. The van der Waals surface area contributed by atoms with Gasteiger partial charge < -0.3 is 15.0 Å². The number of piperidine rings is 1. The number of hydrogen-bond donors (Lipinski definition) is 1. The van der Waals surface area contributed by atoms with Crippen molar-refractivity contribution < 1.29 is 14.3 Å². The third-order valence-electron chi connectivity index (χ3n) is 5.77. The predicted molar refractivity (Wildman–Crippen MR) is 118 cm³/mol. The lowest BCUT2D eigenvalue weighted by atomic mass is 9.89. The van der Waals surface area contributed by atoms with Gasteiger partial charge in [-0.2, -0.15) is 0 Å². The fourth-order valence-corrected chi connectivity index (χ4v) is 3.93. The van der Waals surface area contributed by atoms with Crippen LogP contribution in [0.2, 0.25) is 0 Å². The summed E-state index contributed by atoms with van der Waals surface area (Å²) >= 11 is 0. The van der Waals surface area contributed by atoms with Crippen LogP contribution in [-0.2, 0) is 22.4 Å². The highest BCUT2D eigenvalue weighted by atomic mass is 16.5. The summed E-state index contributed by atoms with van der Waals surface area (Å²) in [4.78, 5) is 26.6. The van der Waals surface area contributed by atoms with Gasteiger partial charge in [0.2, 0.25) is 5.91 Å². The Bertz CT molecular complexity index is 797. The van der Waals surface area contributed by atoms with E-state index in [1.54, 1.807) is 7.11 Å². The first-order chi connectivity index (χ1) is 14.7. The molecule has 0 spiro atoms. The van der Waals surface area contributed by atoms with E-state index in [0.29, 0.717) is 31.1 Å². The summed E-state index contributed by atoms with van der Waals surface area (Å²) in [6.45, 7) is 2.72. The fourth-order valence-electron chi connectivity index (χ4n) is 3.93. The molecular weight excluding hydrogens is 376 g/mol. The third-order valence-corrected chi connectivity index (χ3v) is 5.77. The molecule has 0 bridgehead atoms. The summed E-state index contributed by atoms with van der Waals surface area (Å²) in [5.74, 6) is 0.784. The van der Waals surface area contributed by atoms with Crippen LogP contribution in [-0.4, -0.2) is 50.1 Å². The van der Waals surface area contributed by atoms with Crippen LogP contribution < -0.4 is 5.32 Å². The summed E-state index contributed by atoms with van der Waals surface area (Å²) in [6, 6.07) is 18.1. The smallest absolute Gasteiger partial charge is 0.251 e. The van der Waals surface area contributed by atoms with Crippen molar-refractivity contribution in [2.24, 2.45) is 5.92 Å². The zero-order valence-corrected chi connectivity index (χ0v) is 17.8. The van der Waals surface area contributed by atoms with Crippen LogP contribution in [0.3, 0.4) is 0 Å². The summed E-state index contributed by atoms with van der Waals surface area (Å²) in [5, 5.41) is 2.84. The molecule has 3 rings (SSSR count). The van der Waals surface area contributed by atoms with Gasteiger partial charge in [0.15, 0.2) is 0 Å². The molecule has 1 heterocycles. The molecule has 0 radical (unpaired) electrons. The fraction of sp³-hybridized carbons (Fsp3) is 0.440. The second-order valence-electron chi connectivity index (χ2n) is 7.96. The highest BCUT2D eigenvalue weighted by molar-refractivity contribution is 5.94. The van der Waals surface area contributed by atoms with Gasteiger partial charge in [-0.05, 0) is 54.9 Å². The van der Waals surface area contributed by atoms with Crippen molar-refractivity contribution in [2.45, 2.75) is 32.1 Å². The van der Waals surface area contributed by atoms with Crippen molar-refractivity contribution >= 4 is 11.8 Å². The molecule has 0 unspecified atom stereocenters. The van der Waals surface area contributed by atoms with Crippen LogP contribution in [0, 0.1) is 5.92 Å². The minimum absolute atomic E-state index is 0.0686. The largest absolute Gasteiger partial charge is 0.383 e. The van der Waals surface area contributed by atoms with Gasteiger partial charge >= 0.3 is 0 Å². The van der Waals surface area contributed by atoms with E-state index in [9.17, 15) is 9.59 Å². The molecule has 160 valence electrons. The average molecular weight is 409 g/mol. The minimum atomic E-state index is -0.0686. The Morgan fingerprint density at radius 2 is 1.70 bits per heavy atom. The molecule has 2 aromatic carbocycles. The molecule has 1 fully saturated rings. The molecule has 2 aromatic rings. The van der Waals surface area contributed by atoms with E-state index in [-0.39, 0.29) is 11.8 Å². The zero-order valence-electron chi connectivity index (χ0n) is 17.8. The quantitative estimate of drug-likeness (QED) is 0.647. The summed E-state index contributed by atoms with van der Waals surface area (Å²) in [6.07, 6.45) is 4.47. The van der Waals surface area contributed by atoms with Crippen molar-refractivity contribution in [1.82, 2.24) is 10.2 Å². The van der Waals surface area contributed by atoms with Gasteiger partial charge in [0.25, 0.3) is 5.91 Å². The Hall–Kier alpha value is -2.66. The molecule has 1 aliphatic heterocycles. The molecule has 0 aromatic heterocycles. The number of aryl methyl sites for hydroxylation is 1.